The van der Waals surface area contributed by atoms with Crippen molar-refractivity contribution in [3.8, 4) is 0 Å². The molecular weight excluding hydrogens is 278 g/mol. The molecule has 17 heavy (non-hydrogen) atoms. The number of nitrogens with two attached hydrogens (primary N) is 1. The molecule has 2 heterocycles. The third-order valence-electron chi connectivity index (χ3n) is 3.45. The van der Waals surface area contributed by atoms with Crippen LogP contribution in [0.2, 0.25) is 0 Å². The Hall–Kier alpha value is -0.610. The topological polar surface area (TPSA) is 42.1 Å². The first kappa shape index (κ1) is 12.8. The first-order valence-corrected chi connectivity index (χ1v) is 7.07. The summed E-state index contributed by atoms with van der Waals surface area (Å²) in [4.78, 5) is 6.90. The smallest absolute Gasteiger partial charge is 0.128 e. The Morgan fingerprint density at radius 3 is 3.12 bits per heavy atom. The average Bonchev–Trinajstić information content (AvgIpc) is 2.33. The molecule has 2 rings (SSSR count). The molecule has 0 aliphatic carbocycles. The lowest BCUT2D eigenvalue weighted by molar-refractivity contribution is 0.394. The Bertz CT molecular complexity index is 379. The molecule has 1 aromatic rings. The summed E-state index contributed by atoms with van der Waals surface area (Å²) in [7, 11) is 0. The van der Waals surface area contributed by atoms with Gasteiger partial charge in [-0.25, -0.2) is 4.98 Å². The van der Waals surface area contributed by atoms with Gasteiger partial charge in [-0.05, 0) is 66.2 Å². The molecular formula is C13H20BrN3. The van der Waals surface area contributed by atoms with E-state index in [4.69, 9.17) is 5.73 Å². The maximum Gasteiger partial charge on any atom is 0.128 e. The summed E-state index contributed by atoms with van der Waals surface area (Å²) in [6.07, 6.45) is 5.59. The standard InChI is InChI=1S/C13H20BrN3/c1-10-7-13(16-8-12(10)14)17-6-2-3-11(9-17)4-5-15/h7-8,11H,2-6,9,15H2,1H3. The number of hydrogen-bond acceptors (Lipinski definition) is 3. The minimum atomic E-state index is 0.736. The van der Waals surface area contributed by atoms with E-state index < -0.39 is 0 Å². The predicted octanol–water partition coefficient (Wildman–Crippen LogP) is 2.72. The van der Waals surface area contributed by atoms with Crippen molar-refractivity contribution in [3.63, 3.8) is 0 Å². The summed E-state index contributed by atoms with van der Waals surface area (Å²) >= 11 is 3.49. The van der Waals surface area contributed by atoms with Crippen molar-refractivity contribution in [1.82, 2.24) is 4.98 Å². The Labute approximate surface area is 112 Å². The van der Waals surface area contributed by atoms with Gasteiger partial charge in [0.05, 0.1) is 0 Å². The molecule has 1 aromatic heterocycles. The van der Waals surface area contributed by atoms with Crippen LogP contribution in [0.1, 0.15) is 24.8 Å². The summed E-state index contributed by atoms with van der Waals surface area (Å²) in [5.41, 5.74) is 6.89. The van der Waals surface area contributed by atoms with Gasteiger partial charge in [0.2, 0.25) is 0 Å². The minimum Gasteiger partial charge on any atom is -0.356 e. The SMILES string of the molecule is Cc1cc(N2CCCC(CCN)C2)ncc1Br. The van der Waals surface area contributed by atoms with Crippen molar-refractivity contribution in [2.24, 2.45) is 11.7 Å². The predicted molar refractivity (Wildman–Crippen MR) is 75.3 cm³/mol. The van der Waals surface area contributed by atoms with Gasteiger partial charge >= 0.3 is 0 Å². The molecule has 2 N–H and O–H groups in total. The Kier molecular flexibility index (Phi) is 4.40. The van der Waals surface area contributed by atoms with Crippen molar-refractivity contribution in [2.45, 2.75) is 26.2 Å². The second-order valence-electron chi connectivity index (χ2n) is 4.82. The fraction of sp³-hybridized carbons (Fsp3) is 0.615. The zero-order valence-corrected chi connectivity index (χ0v) is 11.9. The van der Waals surface area contributed by atoms with Crippen LogP contribution >= 0.6 is 15.9 Å². The van der Waals surface area contributed by atoms with E-state index in [0.29, 0.717) is 0 Å². The third-order valence-corrected chi connectivity index (χ3v) is 4.28. The van der Waals surface area contributed by atoms with Crippen LogP contribution in [0.5, 0.6) is 0 Å². The second kappa shape index (κ2) is 5.83. The quantitative estimate of drug-likeness (QED) is 0.933. The van der Waals surface area contributed by atoms with Crippen molar-refractivity contribution in [3.05, 3.63) is 22.3 Å². The maximum absolute atomic E-state index is 5.65. The highest BCUT2D eigenvalue weighted by Gasteiger charge is 2.20. The highest BCUT2D eigenvalue weighted by Crippen LogP contribution is 2.25. The number of pyridine rings is 1. The van der Waals surface area contributed by atoms with Crippen LogP contribution in [0.4, 0.5) is 5.82 Å². The van der Waals surface area contributed by atoms with Gasteiger partial charge < -0.3 is 10.6 Å². The number of halogens is 1. The zero-order chi connectivity index (χ0) is 12.3. The molecule has 0 spiro atoms. The molecule has 1 aliphatic rings. The molecule has 0 amide bonds. The third kappa shape index (κ3) is 3.19. The zero-order valence-electron chi connectivity index (χ0n) is 10.3. The van der Waals surface area contributed by atoms with E-state index in [9.17, 15) is 0 Å². The Morgan fingerprint density at radius 1 is 1.59 bits per heavy atom. The van der Waals surface area contributed by atoms with Gasteiger partial charge in [-0.3, -0.25) is 0 Å². The van der Waals surface area contributed by atoms with Gasteiger partial charge in [0.25, 0.3) is 0 Å². The summed E-state index contributed by atoms with van der Waals surface area (Å²) < 4.78 is 1.08. The maximum atomic E-state index is 5.65. The Morgan fingerprint density at radius 2 is 2.41 bits per heavy atom. The Balaban J connectivity index is 2.08. The number of anilines is 1. The fourth-order valence-electron chi connectivity index (χ4n) is 2.44. The number of nitrogens with zero attached hydrogens (tertiary/aromatic N) is 2. The van der Waals surface area contributed by atoms with Gasteiger partial charge in [0, 0.05) is 23.8 Å². The number of aryl methyl sites for hydroxylation is 1. The van der Waals surface area contributed by atoms with E-state index in [1.54, 1.807) is 0 Å². The van der Waals surface area contributed by atoms with Gasteiger partial charge in [-0.15, -0.1) is 0 Å². The lowest BCUT2D eigenvalue weighted by atomic mass is 9.95. The van der Waals surface area contributed by atoms with Gasteiger partial charge in [0.1, 0.15) is 5.82 Å². The number of rotatable bonds is 3. The van der Waals surface area contributed by atoms with E-state index in [2.05, 4.69) is 38.8 Å². The van der Waals surface area contributed by atoms with Gasteiger partial charge in [0.15, 0.2) is 0 Å². The van der Waals surface area contributed by atoms with Crippen LogP contribution in [-0.4, -0.2) is 24.6 Å². The van der Waals surface area contributed by atoms with E-state index in [-0.39, 0.29) is 0 Å². The van der Waals surface area contributed by atoms with Crippen molar-refractivity contribution < 1.29 is 0 Å². The molecule has 0 aromatic carbocycles. The van der Waals surface area contributed by atoms with Crippen molar-refractivity contribution >= 4 is 21.7 Å². The second-order valence-corrected chi connectivity index (χ2v) is 5.68. The number of aromatic nitrogens is 1. The van der Waals surface area contributed by atoms with E-state index in [1.807, 2.05) is 6.20 Å². The molecule has 1 atom stereocenters. The number of hydrogen-bond donors (Lipinski definition) is 1. The first-order chi connectivity index (χ1) is 8.20. The largest absolute Gasteiger partial charge is 0.356 e. The van der Waals surface area contributed by atoms with Crippen LogP contribution in [0.25, 0.3) is 0 Å². The highest BCUT2D eigenvalue weighted by molar-refractivity contribution is 9.10. The van der Waals surface area contributed by atoms with Crippen LogP contribution in [0.3, 0.4) is 0 Å². The van der Waals surface area contributed by atoms with Gasteiger partial charge in [-0.1, -0.05) is 0 Å². The molecule has 1 fully saturated rings. The summed E-state index contributed by atoms with van der Waals surface area (Å²) in [5, 5.41) is 0. The molecule has 1 aliphatic heterocycles. The summed E-state index contributed by atoms with van der Waals surface area (Å²) in [6, 6.07) is 2.16. The highest BCUT2D eigenvalue weighted by atomic mass is 79.9. The molecule has 94 valence electrons. The lowest BCUT2D eigenvalue weighted by Gasteiger charge is -2.33. The van der Waals surface area contributed by atoms with E-state index in [0.717, 1.165) is 42.3 Å². The monoisotopic (exact) mass is 297 g/mol. The molecule has 1 saturated heterocycles. The average molecular weight is 298 g/mol. The fourth-order valence-corrected chi connectivity index (χ4v) is 2.66. The molecule has 1 unspecified atom stereocenters. The van der Waals surface area contributed by atoms with Crippen LogP contribution in [-0.2, 0) is 0 Å². The lowest BCUT2D eigenvalue weighted by Crippen LogP contribution is -2.36. The summed E-state index contributed by atoms with van der Waals surface area (Å²) in [5.74, 6) is 1.84. The van der Waals surface area contributed by atoms with Crippen LogP contribution < -0.4 is 10.6 Å². The first-order valence-electron chi connectivity index (χ1n) is 6.28. The summed E-state index contributed by atoms with van der Waals surface area (Å²) in [6.45, 7) is 5.13. The van der Waals surface area contributed by atoms with Crippen LogP contribution in [0.15, 0.2) is 16.7 Å². The van der Waals surface area contributed by atoms with Gasteiger partial charge in [-0.2, -0.15) is 0 Å². The molecule has 4 heteroatoms. The molecule has 3 nitrogen and oxygen atoms in total. The van der Waals surface area contributed by atoms with E-state index in [1.165, 1.54) is 18.4 Å². The molecule has 0 saturated carbocycles. The van der Waals surface area contributed by atoms with Crippen LogP contribution in [0, 0.1) is 12.8 Å². The van der Waals surface area contributed by atoms with Crippen molar-refractivity contribution in [2.75, 3.05) is 24.5 Å². The molecule has 0 bridgehead atoms. The molecule has 0 radical (unpaired) electrons. The van der Waals surface area contributed by atoms with E-state index >= 15 is 0 Å². The minimum absolute atomic E-state index is 0.736. The number of piperidine rings is 1. The van der Waals surface area contributed by atoms with Crippen molar-refractivity contribution in [1.29, 1.82) is 0 Å². The normalized spacial score (nSPS) is 20.6.